The van der Waals surface area contributed by atoms with Crippen LogP contribution in [-0.2, 0) is 16.1 Å². The summed E-state index contributed by atoms with van der Waals surface area (Å²) in [6.45, 7) is 3.50. The van der Waals surface area contributed by atoms with Crippen LogP contribution in [0.4, 0.5) is 4.79 Å². The minimum absolute atomic E-state index is 0.136. The molecule has 1 spiro atoms. The molecule has 4 amide bonds. The molecule has 0 radical (unpaired) electrons. The molecule has 3 aliphatic rings. The Labute approximate surface area is 153 Å². The number of likely N-dealkylation sites (tertiary alicyclic amines) is 1. The first kappa shape index (κ1) is 17.1. The SMILES string of the molecule is CN1C(=O)N(Cc2ccccc2)C2(CCN(C(=O)C3(C)CC3)CC2)C1=O. The van der Waals surface area contributed by atoms with E-state index in [1.807, 2.05) is 42.2 Å². The number of amides is 4. The number of benzene rings is 1. The highest BCUT2D eigenvalue weighted by molar-refractivity contribution is 6.07. The fourth-order valence-electron chi connectivity index (χ4n) is 4.21. The molecule has 3 fully saturated rings. The summed E-state index contributed by atoms with van der Waals surface area (Å²) in [5.41, 5.74) is -0.00370. The van der Waals surface area contributed by atoms with E-state index in [0.29, 0.717) is 32.5 Å². The first-order chi connectivity index (χ1) is 12.4. The second-order valence-electron chi connectivity index (χ2n) is 8.10. The number of hydrogen-bond acceptors (Lipinski definition) is 3. The molecular formula is C20H25N3O3. The van der Waals surface area contributed by atoms with Crippen molar-refractivity contribution < 1.29 is 14.4 Å². The summed E-state index contributed by atoms with van der Waals surface area (Å²) in [7, 11) is 1.56. The molecule has 0 bridgehead atoms. The van der Waals surface area contributed by atoms with Gasteiger partial charge >= 0.3 is 6.03 Å². The predicted octanol–water partition coefficient (Wildman–Crippen LogP) is 2.24. The summed E-state index contributed by atoms with van der Waals surface area (Å²) in [6, 6.07) is 9.50. The van der Waals surface area contributed by atoms with Crippen molar-refractivity contribution in [3.63, 3.8) is 0 Å². The van der Waals surface area contributed by atoms with Crippen LogP contribution < -0.4 is 0 Å². The van der Waals surface area contributed by atoms with Gasteiger partial charge in [0.2, 0.25) is 5.91 Å². The van der Waals surface area contributed by atoms with Crippen molar-refractivity contribution in [2.45, 2.75) is 44.7 Å². The molecule has 1 aromatic carbocycles. The molecule has 4 rings (SSSR count). The van der Waals surface area contributed by atoms with Crippen LogP contribution in [0.25, 0.3) is 0 Å². The van der Waals surface area contributed by atoms with Gasteiger partial charge in [0.25, 0.3) is 5.91 Å². The Morgan fingerprint density at radius 2 is 1.65 bits per heavy atom. The Morgan fingerprint density at radius 3 is 2.23 bits per heavy atom. The maximum absolute atomic E-state index is 12.9. The Kier molecular flexibility index (Phi) is 3.82. The van der Waals surface area contributed by atoms with E-state index >= 15 is 0 Å². The van der Waals surface area contributed by atoms with Gasteiger partial charge in [-0.3, -0.25) is 14.5 Å². The third kappa shape index (κ3) is 2.50. The molecule has 0 aromatic heterocycles. The van der Waals surface area contributed by atoms with Crippen molar-refractivity contribution in [3.8, 4) is 0 Å². The fourth-order valence-corrected chi connectivity index (χ4v) is 4.21. The average Bonchev–Trinajstić information content (AvgIpc) is 3.40. The molecule has 2 aliphatic heterocycles. The Balaban J connectivity index is 1.55. The van der Waals surface area contributed by atoms with Crippen molar-refractivity contribution >= 4 is 17.8 Å². The largest absolute Gasteiger partial charge is 0.342 e. The molecule has 1 aromatic rings. The molecule has 6 nitrogen and oxygen atoms in total. The lowest BCUT2D eigenvalue weighted by molar-refractivity contribution is -0.143. The monoisotopic (exact) mass is 355 g/mol. The lowest BCUT2D eigenvalue weighted by Gasteiger charge is -2.42. The molecular weight excluding hydrogens is 330 g/mol. The van der Waals surface area contributed by atoms with Gasteiger partial charge in [0, 0.05) is 32.1 Å². The topological polar surface area (TPSA) is 60.9 Å². The Hall–Kier alpha value is -2.37. The number of urea groups is 1. The van der Waals surface area contributed by atoms with Crippen molar-refractivity contribution in [2.24, 2.45) is 5.41 Å². The number of carbonyl (C=O) groups excluding carboxylic acids is 3. The summed E-state index contributed by atoms with van der Waals surface area (Å²) in [4.78, 5) is 43.1. The van der Waals surface area contributed by atoms with Crippen LogP contribution >= 0.6 is 0 Å². The second-order valence-corrected chi connectivity index (χ2v) is 8.10. The van der Waals surface area contributed by atoms with Gasteiger partial charge in [-0.2, -0.15) is 0 Å². The quantitative estimate of drug-likeness (QED) is 0.781. The number of likely N-dealkylation sites (N-methyl/N-ethyl adjacent to an activating group) is 1. The third-order valence-electron chi connectivity index (χ3n) is 6.31. The van der Waals surface area contributed by atoms with Crippen LogP contribution in [0.15, 0.2) is 30.3 Å². The Bertz CT molecular complexity index is 749. The van der Waals surface area contributed by atoms with Gasteiger partial charge in [-0.15, -0.1) is 0 Å². The van der Waals surface area contributed by atoms with Gasteiger partial charge in [-0.05, 0) is 31.2 Å². The lowest BCUT2D eigenvalue weighted by atomic mass is 9.85. The minimum atomic E-state index is -0.817. The highest BCUT2D eigenvalue weighted by Gasteiger charge is 2.58. The van der Waals surface area contributed by atoms with Crippen molar-refractivity contribution in [1.82, 2.24) is 14.7 Å². The summed E-state index contributed by atoms with van der Waals surface area (Å²) in [5, 5.41) is 0. The number of hydrogen-bond donors (Lipinski definition) is 0. The highest BCUT2D eigenvalue weighted by Crippen LogP contribution is 2.47. The molecule has 1 saturated carbocycles. The summed E-state index contributed by atoms with van der Waals surface area (Å²) < 4.78 is 0. The fraction of sp³-hybridized carbons (Fsp3) is 0.550. The molecule has 0 N–H and O–H groups in total. The normalized spacial score (nSPS) is 23.7. The molecule has 1 aliphatic carbocycles. The summed E-state index contributed by atoms with van der Waals surface area (Å²) in [5.74, 6) is 0.0650. The van der Waals surface area contributed by atoms with Crippen LogP contribution in [0.5, 0.6) is 0 Å². The smallest absolute Gasteiger partial charge is 0.327 e. The first-order valence-corrected chi connectivity index (χ1v) is 9.30. The van der Waals surface area contributed by atoms with Crippen molar-refractivity contribution in [1.29, 1.82) is 0 Å². The second kappa shape index (κ2) is 5.83. The number of carbonyl (C=O) groups is 3. The standard InChI is InChI=1S/C20H25N3O3/c1-19(8-9-19)16(24)22-12-10-20(11-13-22)17(25)21(2)18(26)23(20)14-15-6-4-3-5-7-15/h3-7H,8-14H2,1-2H3. The number of rotatable bonds is 3. The van der Waals surface area contributed by atoms with Gasteiger partial charge in [0.05, 0.1) is 0 Å². The van der Waals surface area contributed by atoms with Crippen LogP contribution in [-0.4, -0.2) is 58.2 Å². The van der Waals surface area contributed by atoms with Gasteiger partial charge in [0.15, 0.2) is 0 Å². The maximum Gasteiger partial charge on any atom is 0.327 e. The van der Waals surface area contributed by atoms with E-state index in [0.717, 1.165) is 18.4 Å². The van der Waals surface area contributed by atoms with Crippen LogP contribution in [0.3, 0.4) is 0 Å². The first-order valence-electron chi connectivity index (χ1n) is 9.30. The van der Waals surface area contributed by atoms with Gasteiger partial charge < -0.3 is 9.80 Å². The molecule has 0 unspecified atom stereocenters. The summed E-state index contributed by atoms with van der Waals surface area (Å²) in [6.07, 6.45) is 2.93. The number of imide groups is 1. The zero-order valence-corrected chi connectivity index (χ0v) is 15.4. The van der Waals surface area contributed by atoms with E-state index in [-0.39, 0.29) is 23.3 Å². The van der Waals surface area contributed by atoms with Crippen molar-refractivity contribution in [3.05, 3.63) is 35.9 Å². The zero-order valence-electron chi connectivity index (χ0n) is 15.4. The van der Waals surface area contributed by atoms with Gasteiger partial charge in [-0.1, -0.05) is 37.3 Å². The minimum Gasteiger partial charge on any atom is -0.342 e. The molecule has 138 valence electrons. The van der Waals surface area contributed by atoms with E-state index < -0.39 is 5.54 Å². The highest BCUT2D eigenvalue weighted by atomic mass is 16.2. The van der Waals surface area contributed by atoms with E-state index in [2.05, 4.69) is 0 Å². The number of piperidine rings is 1. The lowest BCUT2D eigenvalue weighted by Crippen LogP contribution is -2.57. The van der Waals surface area contributed by atoms with Crippen molar-refractivity contribution in [2.75, 3.05) is 20.1 Å². The third-order valence-corrected chi connectivity index (χ3v) is 6.31. The molecule has 6 heteroatoms. The number of nitrogens with zero attached hydrogens (tertiary/aromatic N) is 3. The van der Waals surface area contributed by atoms with E-state index in [4.69, 9.17) is 0 Å². The van der Waals surface area contributed by atoms with E-state index in [1.165, 1.54) is 4.90 Å². The average molecular weight is 355 g/mol. The van der Waals surface area contributed by atoms with E-state index in [1.54, 1.807) is 11.9 Å². The van der Waals surface area contributed by atoms with Crippen LogP contribution in [0.2, 0.25) is 0 Å². The maximum atomic E-state index is 12.9. The van der Waals surface area contributed by atoms with Gasteiger partial charge in [0.1, 0.15) is 5.54 Å². The molecule has 0 atom stereocenters. The molecule has 2 heterocycles. The van der Waals surface area contributed by atoms with Crippen LogP contribution in [0.1, 0.15) is 38.2 Å². The van der Waals surface area contributed by atoms with Crippen LogP contribution in [0, 0.1) is 5.41 Å². The zero-order chi connectivity index (χ0) is 18.5. The summed E-state index contributed by atoms with van der Waals surface area (Å²) >= 11 is 0. The predicted molar refractivity (Wildman–Crippen MR) is 96.0 cm³/mol. The van der Waals surface area contributed by atoms with Gasteiger partial charge in [-0.25, -0.2) is 4.79 Å². The van der Waals surface area contributed by atoms with E-state index in [9.17, 15) is 14.4 Å². The molecule has 26 heavy (non-hydrogen) atoms. The Morgan fingerprint density at radius 1 is 1.04 bits per heavy atom. The molecule has 2 saturated heterocycles.